The highest BCUT2D eigenvalue weighted by atomic mass is 19.1. The maximum atomic E-state index is 13.3. The molecule has 1 aromatic rings. The van der Waals surface area contributed by atoms with Crippen molar-refractivity contribution in [2.75, 3.05) is 13.1 Å². The molecule has 14 heavy (non-hydrogen) atoms. The van der Waals surface area contributed by atoms with Crippen LogP contribution in [-0.2, 0) is 0 Å². The van der Waals surface area contributed by atoms with E-state index in [0.29, 0.717) is 6.54 Å². The molecule has 1 fully saturated rings. The summed E-state index contributed by atoms with van der Waals surface area (Å²) < 4.78 is 18.9. The lowest BCUT2D eigenvalue weighted by atomic mass is 10.1. The zero-order chi connectivity index (χ0) is 9.80. The Morgan fingerprint density at radius 1 is 1.29 bits per heavy atom. The van der Waals surface area contributed by atoms with Crippen molar-refractivity contribution in [3.63, 3.8) is 0 Å². The first-order valence-electron chi connectivity index (χ1n) is 4.93. The molecule has 2 nitrogen and oxygen atoms in total. The van der Waals surface area contributed by atoms with Crippen molar-refractivity contribution < 1.29 is 9.13 Å². The topological polar surface area (TPSA) is 21.3 Å². The van der Waals surface area contributed by atoms with Crippen LogP contribution in [-0.4, -0.2) is 25.4 Å². The largest absolute Gasteiger partial charge is 0.487 e. The number of benzene rings is 1. The van der Waals surface area contributed by atoms with Crippen LogP contribution >= 0.6 is 0 Å². The van der Waals surface area contributed by atoms with E-state index in [1.165, 1.54) is 0 Å². The number of rotatable bonds is 2. The zero-order valence-electron chi connectivity index (χ0n) is 7.95. The van der Waals surface area contributed by atoms with Gasteiger partial charge in [-0.2, -0.15) is 0 Å². The summed E-state index contributed by atoms with van der Waals surface area (Å²) in [5, 5.41) is 3.00. The van der Waals surface area contributed by atoms with Crippen LogP contribution in [0.4, 0.5) is 4.39 Å². The Morgan fingerprint density at radius 3 is 2.79 bits per heavy atom. The number of para-hydroxylation sites is 1. The van der Waals surface area contributed by atoms with Gasteiger partial charge in [0.25, 0.3) is 0 Å². The molecule has 1 aliphatic rings. The van der Waals surface area contributed by atoms with Gasteiger partial charge in [-0.1, -0.05) is 18.2 Å². The van der Waals surface area contributed by atoms with Crippen molar-refractivity contribution in [2.24, 2.45) is 0 Å². The Kier molecular flexibility index (Phi) is 2.99. The van der Waals surface area contributed by atoms with Gasteiger partial charge in [0.05, 0.1) is 0 Å². The van der Waals surface area contributed by atoms with Crippen molar-refractivity contribution in [3.8, 4) is 5.75 Å². The van der Waals surface area contributed by atoms with Crippen LogP contribution in [0.15, 0.2) is 30.3 Å². The lowest BCUT2D eigenvalue weighted by Gasteiger charge is -2.27. The number of halogens is 1. The molecule has 0 aliphatic carbocycles. The molecule has 0 bridgehead atoms. The highest BCUT2D eigenvalue weighted by molar-refractivity contribution is 5.21. The summed E-state index contributed by atoms with van der Waals surface area (Å²) in [6.45, 7) is 1.23. The van der Waals surface area contributed by atoms with Crippen LogP contribution in [0.3, 0.4) is 0 Å². The lowest BCUT2D eigenvalue weighted by Crippen LogP contribution is -2.44. The van der Waals surface area contributed by atoms with Gasteiger partial charge in [-0.05, 0) is 25.1 Å². The number of ether oxygens (including phenoxy) is 1. The van der Waals surface area contributed by atoms with Gasteiger partial charge in [0.15, 0.2) is 0 Å². The minimum absolute atomic E-state index is 0.293. The fourth-order valence-electron chi connectivity index (χ4n) is 1.60. The van der Waals surface area contributed by atoms with E-state index in [1.54, 1.807) is 0 Å². The fourth-order valence-corrected chi connectivity index (χ4v) is 1.60. The number of nitrogens with one attached hydrogen (secondary N) is 1. The van der Waals surface area contributed by atoms with E-state index < -0.39 is 6.17 Å². The van der Waals surface area contributed by atoms with E-state index in [2.05, 4.69) is 5.32 Å². The molecule has 0 unspecified atom stereocenters. The molecule has 1 N–H and O–H groups in total. The second-order valence-electron chi connectivity index (χ2n) is 3.48. The summed E-state index contributed by atoms with van der Waals surface area (Å²) >= 11 is 0. The van der Waals surface area contributed by atoms with Gasteiger partial charge in [-0.15, -0.1) is 0 Å². The standard InChI is InChI=1S/C11H14FNO/c12-10-8-13-7-6-11(10)14-9-4-2-1-3-5-9/h1-5,10-11,13H,6-8H2/t10-,11+/m0/s1. The van der Waals surface area contributed by atoms with Gasteiger partial charge in [-0.25, -0.2) is 4.39 Å². The quantitative estimate of drug-likeness (QED) is 0.776. The Labute approximate surface area is 83.1 Å². The van der Waals surface area contributed by atoms with E-state index in [9.17, 15) is 4.39 Å². The Balaban J connectivity index is 1.96. The van der Waals surface area contributed by atoms with E-state index in [-0.39, 0.29) is 6.10 Å². The second-order valence-corrected chi connectivity index (χ2v) is 3.48. The Hall–Kier alpha value is -1.09. The minimum Gasteiger partial charge on any atom is -0.487 e. The third-order valence-electron chi connectivity index (χ3n) is 2.38. The summed E-state index contributed by atoms with van der Waals surface area (Å²) in [4.78, 5) is 0. The molecule has 0 amide bonds. The highest BCUT2D eigenvalue weighted by Gasteiger charge is 2.25. The first-order chi connectivity index (χ1) is 6.86. The molecule has 0 spiro atoms. The molecular weight excluding hydrogens is 181 g/mol. The van der Waals surface area contributed by atoms with E-state index >= 15 is 0 Å². The predicted octanol–water partition coefficient (Wildman–Crippen LogP) is 1.77. The van der Waals surface area contributed by atoms with Crippen molar-refractivity contribution >= 4 is 0 Å². The maximum absolute atomic E-state index is 13.3. The molecule has 1 saturated heterocycles. The molecular formula is C11H14FNO. The molecule has 1 aromatic carbocycles. The van der Waals surface area contributed by atoms with Gasteiger partial charge < -0.3 is 10.1 Å². The van der Waals surface area contributed by atoms with Gasteiger partial charge in [-0.3, -0.25) is 0 Å². The van der Waals surface area contributed by atoms with Gasteiger partial charge in [0.1, 0.15) is 18.0 Å². The van der Waals surface area contributed by atoms with Crippen molar-refractivity contribution in [1.82, 2.24) is 5.32 Å². The Morgan fingerprint density at radius 2 is 2.07 bits per heavy atom. The van der Waals surface area contributed by atoms with Crippen LogP contribution in [0.2, 0.25) is 0 Å². The number of alkyl halides is 1. The molecule has 0 radical (unpaired) electrons. The monoisotopic (exact) mass is 195 g/mol. The maximum Gasteiger partial charge on any atom is 0.149 e. The Bertz CT molecular complexity index is 278. The highest BCUT2D eigenvalue weighted by Crippen LogP contribution is 2.17. The first-order valence-corrected chi connectivity index (χ1v) is 4.93. The van der Waals surface area contributed by atoms with E-state index in [1.807, 2.05) is 30.3 Å². The summed E-state index contributed by atoms with van der Waals surface area (Å²) in [6, 6.07) is 9.42. The lowest BCUT2D eigenvalue weighted by molar-refractivity contribution is 0.0731. The van der Waals surface area contributed by atoms with Crippen molar-refractivity contribution in [1.29, 1.82) is 0 Å². The third kappa shape index (κ3) is 2.23. The number of hydrogen-bond acceptors (Lipinski definition) is 2. The van der Waals surface area contributed by atoms with E-state index in [0.717, 1.165) is 18.7 Å². The van der Waals surface area contributed by atoms with Gasteiger partial charge >= 0.3 is 0 Å². The molecule has 2 rings (SSSR count). The van der Waals surface area contributed by atoms with Crippen molar-refractivity contribution in [3.05, 3.63) is 30.3 Å². The summed E-state index contributed by atoms with van der Waals surface area (Å²) in [5.74, 6) is 0.752. The normalized spacial score (nSPS) is 27.2. The van der Waals surface area contributed by atoms with Crippen molar-refractivity contribution in [2.45, 2.75) is 18.7 Å². The predicted molar refractivity (Wildman–Crippen MR) is 53.2 cm³/mol. The average molecular weight is 195 g/mol. The summed E-state index contributed by atoms with van der Waals surface area (Å²) in [6.07, 6.45) is -0.460. The smallest absolute Gasteiger partial charge is 0.149 e. The zero-order valence-corrected chi connectivity index (χ0v) is 7.95. The fraction of sp³-hybridized carbons (Fsp3) is 0.455. The third-order valence-corrected chi connectivity index (χ3v) is 2.38. The second kappa shape index (κ2) is 4.42. The first kappa shape index (κ1) is 9.46. The minimum atomic E-state index is -0.899. The number of hydrogen-bond donors (Lipinski definition) is 1. The molecule has 3 heteroatoms. The van der Waals surface area contributed by atoms with Crippen LogP contribution in [0.1, 0.15) is 6.42 Å². The van der Waals surface area contributed by atoms with E-state index in [4.69, 9.17) is 4.74 Å². The average Bonchev–Trinajstić information content (AvgIpc) is 2.23. The molecule has 1 aliphatic heterocycles. The summed E-state index contributed by atoms with van der Waals surface area (Å²) in [5.41, 5.74) is 0. The van der Waals surface area contributed by atoms with Crippen LogP contribution in [0, 0.1) is 0 Å². The van der Waals surface area contributed by atoms with Crippen LogP contribution in [0.25, 0.3) is 0 Å². The molecule has 0 aromatic heterocycles. The SMILES string of the molecule is F[C@H]1CNCC[C@H]1Oc1ccccc1. The summed E-state index contributed by atoms with van der Waals surface area (Å²) in [7, 11) is 0. The van der Waals surface area contributed by atoms with Crippen LogP contribution in [0.5, 0.6) is 5.75 Å². The van der Waals surface area contributed by atoms with Gasteiger partial charge in [0, 0.05) is 6.54 Å². The molecule has 76 valence electrons. The van der Waals surface area contributed by atoms with Gasteiger partial charge in [0.2, 0.25) is 0 Å². The van der Waals surface area contributed by atoms with Crippen LogP contribution < -0.4 is 10.1 Å². The molecule has 0 saturated carbocycles. The molecule has 1 heterocycles. The molecule has 2 atom stereocenters. The number of piperidine rings is 1.